The third-order valence-corrected chi connectivity index (χ3v) is 6.73. The number of aromatic nitrogens is 1. The van der Waals surface area contributed by atoms with E-state index in [1.165, 1.54) is 0 Å². The van der Waals surface area contributed by atoms with Crippen LogP contribution in [0.15, 0.2) is 29.3 Å². The van der Waals surface area contributed by atoms with Crippen molar-refractivity contribution in [2.75, 3.05) is 45.7 Å². The first-order valence-electron chi connectivity index (χ1n) is 9.96. The Morgan fingerprint density at radius 2 is 2.00 bits per heavy atom. The molecule has 2 aliphatic rings. The molecule has 2 aromatic rings. The molecule has 1 atom stereocenters. The first kappa shape index (κ1) is 24.9. The number of benzene rings is 1. The summed E-state index contributed by atoms with van der Waals surface area (Å²) in [5, 5.41) is 5.83. The number of fused-ring (bicyclic) bond motifs is 2. The lowest BCUT2D eigenvalue weighted by Gasteiger charge is -2.40. The Hall–Kier alpha value is -1.38. The van der Waals surface area contributed by atoms with Gasteiger partial charge in [0.25, 0.3) is 0 Å². The maximum atomic E-state index is 5.33. The molecule has 2 aliphatic heterocycles. The number of thiazole rings is 1. The predicted octanol–water partition coefficient (Wildman–Crippen LogP) is 4.90. The molecular weight excluding hydrogens is 441 g/mol. The number of rotatable bonds is 4. The Labute approximate surface area is 195 Å². The van der Waals surface area contributed by atoms with Crippen LogP contribution in [-0.2, 0) is 4.74 Å². The normalized spacial score (nSPS) is 18.4. The zero-order valence-corrected chi connectivity index (χ0v) is 20.4. The Kier molecular flexibility index (Phi) is 8.94. The van der Waals surface area contributed by atoms with Gasteiger partial charge in [-0.15, -0.1) is 36.2 Å². The van der Waals surface area contributed by atoms with Crippen molar-refractivity contribution in [3.05, 3.63) is 35.0 Å². The van der Waals surface area contributed by atoms with E-state index in [-0.39, 0.29) is 24.8 Å². The van der Waals surface area contributed by atoms with Crippen LogP contribution < -0.4 is 5.32 Å². The smallest absolute Gasteiger partial charge is 0.158 e. The number of hydrogen-bond acceptors (Lipinski definition) is 7. The highest BCUT2D eigenvalue weighted by Gasteiger charge is 2.31. The number of para-hydroxylation sites is 2. The second kappa shape index (κ2) is 10.8. The van der Waals surface area contributed by atoms with E-state index >= 15 is 0 Å². The van der Waals surface area contributed by atoms with Gasteiger partial charge in [0.2, 0.25) is 0 Å². The van der Waals surface area contributed by atoms with Crippen LogP contribution in [0.3, 0.4) is 0 Å². The fourth-order valence-corrected chi connectivity index (χ4v) is 4.69. The van der Waals surface area contributed by atoms with Gasteiger partial charge in [0.15, 0.2) is 5.84 Å². The molecule has 166 valence electrons. The summed E-state index contributed by atoms with van der Waals surface area (Å²) < 4.78 is 5.33. The van der Waals surface area contributed by atoms with Gasteiger partial charge in [0, 0.05) is 45.3 Å². The number of nitrogens with zero attached hydrogens (tertiary/aromatic N) is 4. The monoisotopic (exact) mass is 471 g/mol. The van der Waals surface area contributed by atoms with Crippen LogP contribution in [0.2, 0.25) is 0 Å². The number of ether oxygens (including phenoxy) is 1. The van der Waals surface area contributed by atoms with Crippen LogP contribution in [0.1, 0.15) is 36.9 Å². The molecule has 0 amide bonds. The molecule has 1 fully saturated rings. The molecule has 0 saturated carbocycles. The van der Waals surface area contributed by atoms with E-state index in [0.717, 1.165) is 65.6 Å². The highest BCUT2D eigenvalue weighted by Crippen LogP contribution is 2.39. The van der Waals surface area contributed by atoms with Gasteiger partial charge >= 0.3 is 0 Å². The van der Waals surface area contributed by atoms with Gasteiger partial charge in [0.1, 0.15) is 10.7 Å². The summed E-state index contributed by atoms with van der Waals surface area (Å²) in [6.07, 6.45) is 1.02. The Bertz CT molecular complexity index is 873. The highest BCUT2D eigenvalue weighted by molar-refractivity contribution is 7.16. The number of anilines is 2. The van der Waals surface area contributed by atoms with Crippen LogP contribution in [0.4, 0.5) is 16.4 Å². The second-order valence-corrected chi connectivity index (χ2v) is 8.85. The number of hydrogen-bond donors (Lipinski definition) is 1. The maximum absolute atomic E-state index is 5.33. The lowest BCUT2D eigenvalue weighted by molar-refractivity contribution is 0.100. The van der Waals surface area contributed by atoms with Crippen molar-refractivity contribution in [1.29, 1.82) is 0 Å². The zero-order chi connectivity index (χ0) is 19.7. The molecule has 1 saturated heterocycles. The fourth-order valence-electron chi connectivity index (χ4n) is 3.71. The quantitative estimate of drug-likeness (QED) is 0.686. The summed E-state index contributed by atoms with van der Waals surface area (Å²) in [4.78, 5) is 14.9. The van der Waals surface area contributed by atoms with E-state index in [1.807, 2.05) is 12.1 Å². The molecule has 0 radical (unpaired) electrons. The minimum absolute atomic E-state index is 0. The Morgan fingerprint density at radius 1 is 1.23 bits per heavy atom. The summed E-state index contributed by atoms with van der Waals surface area (Å²) in [5.74, 6) is 1.39. The first-order chi connectivity index (χ1) is 13.6. The Morgan fingerprint density at radius 3 is 2.73 bits per heavy atom. The molecular formula is C21H31Cl2N5OS. The van der Waals surface area contributed by atoms with Gasteiger partial charge in [-0.3, -0.25) is 4.90 Å². The molecule has 6 nitrogen and oxygen atoms in total. The summed E-state index contributed by atoms with van der Waals surface area (Å²) in [6.45, 7) is 8.07. The summed E-state index contributed by atoms with van der Waals surface area (Å²) in [6, 6.07) is 8.70. The number of aliphatic imine (C=N–C) groups is 1. The van der Waals surface area contributed by atoms with Crippen molar-refractivity contribution < 1.29 is 4.74 Å². The molecule has 1 aromatic heterocycles. The molecule has 0 bridgehead atoms. The lowest BCUT2D eigenvalue weighted by Crippen LogP contribution is -2.53. The number of likely N-dealkylation sites (N-methyl/N-ethyl adjacent to an activating group) is 1. The fraction of sp³-hybridized carbons (Fsp3) is 0.524. The van der Waals surface area contributed by atoms with Crippen LogP contribution in [-0.4, -0.2) is 67.1 Å². The third kappa shape index (κ3) is 5.08. The van der Waals surface area contributed by atoms with Gasteiger partial charge < -0.3 is 15.0 Å². The summed E-state index contributed by atoms with van der Waals surface area (Å²) in [7, 11) is 3.97. The zero-order valence-electron chi connectivity index (χ0n) is 17.9. The molecule has 30 heavy (non-hydrogen) atoms. The molecule has 1 N–H and O–H groups in total. The van der Waals surface area contributed by atoms with E-state index in [1.54, 1.807) is 18.4 Å². The highest BCUT2D eigenvalue weighted by atomic mass is 35.5. The number of nitrogens with one attached hydrogen (secondary N) is 1. The van der Waals surface area contributed by atoms with E-state index < -0.39 is 0 Å². The van der Waals surface area contributed by atoms with E-state index in [0.29, 0.717) is 12.0 Å². The summed E-state index contributed by atoms with van der Waals surface area (Å²) >= 11 is 1.74. The molecule has 1 aromatic carbocycles. The molecule has 9 heteroatoms. The van der Waals surface area contributed by atoms with Crippen molar-refractivity contribution in [1.82, 2.24) is 14.8 Å². The van der Waals surface area contributed by atoms with Crippen LogP contribution in [0, 0.1) is 0 Å². The third-order valence-electron chi connectivity index (χ3n) is 5.46. The van der Waals surface area contributed by atoms with Gasteiger partial charge in [-0.05, 0) is 25.6 Å². The van der Waals surface area contributed by atoms with Crippen LogP contribution in [0.25, 0.3) is 0 Å². The van der Waals surface area contributed by atoms with E-state index in [2.05, 4.69) is 48.1 Å². The van der Waals surface area contributed by atoms with Gasteiger partial charge in [-0.1, -0.05) is 26.0 Å². The average molecular weight is 472 g/mol. The largest absolute Gasteiger partial charge is 0.385 e. The first-order valence-corrected chi connectivity index (χ1v) is 10.8. The number of halogens is 2. The average Bonchev–Trinajstić information content (AvgIpc) is 3.04. The number of methoxy groups -OCH3 is 1. The number of amidine groups is 1. The Balaban J connectivity index is 0.00000160. The maximum Gasteiger partial charge on any atom is 0.158 e. The van der Waals surface area contributed by atoms with Crippen molar-refractivity contribution in [2.24, 2.45) is 4.99 Å². The van der Waals surface area contributed by atoms with Crippen LogP contribution >= 0.6 is 36.2 Å². The van der Waals surface area contributed by atoms with E-state index in [9.17, 15) is 0 Å². The van der Waals surface area contributed by atoms with E-state index in [4.69, 9.17) is 14.7 Å². The standard InChI is InChI=1S/C21H29N5OS.2ClH/c1-14(2)20-24-18-19(26-11-10-25(3)15(13-26)9-12-27-4)22-16-7-5-6-8-17(16)23-21(18)28-20;;/h5-8,14-15,23H,9-13H2,1-4H3;2*1H/t15-;;/m0../s1. The van der Waals surface area contributed by atoms with Gasteiger partial charge in [-0.2, -0.15) is 0 Å². The molecule has 4 rings (SSSR count). The molecule has 0 unspecified atom stereocenters. The lowest BCUT2D eigenvalue weighted by atomic mass is 10.1. The van der Waals surface area contributed by atoms with Gasteiger partial charge in [0.05, 0.1) is 16.4 Å². The molecule has 3 heterocycles. The minimum Gasteiger partial charge on any atom is -0.385 e. The predicted molar refractivity (Wildman–Crippen MR) is 131 cm³/mol. The summed E-state index contributed by atoms with van der Waals surface area (Å²) in [5.41, 5.74) is 3.00. The van der Waals surface area contributed by atoms with Crippen molar-refractivity contribution in [3.8, 4) is 0 Å². The number of piperazine rings is 1. The van der Waals surface area contributed by atoms with Crippen molar-refractivity contribution >= 4 is 58.4 Å². The van der Waals surface area contributed by atoms with Crippen molar-refractivity contribution in [3.63, 3.8) is 0 Å². The minimum atomic E-state index is 0. The van der Waals surface area contributed by atoms with Crippen LogP contribution in [0.5, 0.6) is 0 Å². The second-order valence-electron chi connectivity index (χ2n) is 7.82. The molecule has 0 aliphatic carbocycles. The van der Waals surface area contributed by atoms with Gasteiger partial charge in [-0.25, -0.2) is 9.98 Å². The van der Waals surface area contributed by atoms with Crippen molar-refractivity contribution in [2.45, 2.75) is 32.2 Å². The molecule has 0 spiro atoms. The topological polar surface area (TPSA) is 53.0 Å². The SMILES string of the molecule is COCC[C@H]1CN(C2=Nc3ccccc3Nc3sc(C(C)C)nc32)CCN1C.Cl.Cl.